The third-order valence-electron chi connectivity index (χ3n) is 5.81. The van der Waals surface area contributed by atoms with Gasteiger partial charge in [0.05, 0.1) is 12.0 Å². The molecule has 0 heterocycles. The summed E-state index contributed by atoms with van der Waals surface area (Å²) in [6.07, 6.45) is 0. The average molecular weight is 542 g/mol. The number of nitro groups is 1. The second-order valence-electron chi connectivity index (χ2n) is 9.09. The van der Waals surface area contributed by atoms with Crippen LogP contribution in [0.4, 0.5) is 11.4 Å². The number of nitro benzene ring substituents is 1. The van der Waals surface area contributed by atoms with Crippen molar-refractivity contribution in [3.05, 3.63) is 81.4 Å². The molecule has 0 aliphatic heterocycles. The Kier molecular flexibility index (Phi) is 9.92. The Labute approximate surface area is 227 Å². The molecule has 0 saturated carbocycles. The lowest BCUT2D eigenvalue weighted by Crippen LogP contribution is -2.39. The molecule has 10 heteroatoms. The summed E-state index contributed by atoms with van der Waals surface area (Å²) in [6.45, 7) is 9.71. The molecule has 38 heavy (non-hydrogen) atoms. The van der Waals surface area contributed by atoms with E-state index in [1.54, 1.807) is 49.6 Å². The van der Waals surface area contributed by atoms with E-state index in [0.717, 1.165) is 6.54 Å². The van der Waals surface area contributed by atoms with Crippen LogP contribution in [0.15, 0.2) is 60.7 Å². The monoisotopic (exact) mass is 541 g/mol. The Balaban J connectivity index is 1.74. The minimum absolute atomic E-state index is 0.00541. The number of carbonyl (C=O) groups excluding carboxylic acids is 1. The summed E-state index contributed by atoms with van der Waals surface area (Å²) < 4.78 is 17.0. The van der Waals surface area contributed by atoms with Crippen LogP contribution in [0.5, 0.6) is 23.0 Å². The van der Waals surface area contributed by atoms with Gasteiger partial charge in [0.1, 0.15) is 12.4 Å². The summed E-state index contributed by atoms with van der Waals surface area (Å²) in [6, 6.07) is 16.2. The number of hydrogen-bond donors (Lipinski definition) is 1. The Morgan fingerprint density at radius 2 is 1.63 bits per heavy atom. The molecule has 0 aliphatic carbocycles. The summed E-state index contributed by atoms with van der Waals surface area (Å²) in [7, 11) is 1.54. The molecule has 202 valence electrons. The molecule has 0 atom stereocenters. The number of anilines is 1. The predicted octanol–water partition coefficient (Wildman–Crippen LogP) is 6.80. The third kappa shape index (κ3) is 7.60. The fourth-order valence-electron chi connectivity index (χ4n) is 3.96. The molecule has 0 bridgehead atoms. The van der Waals surface area contributed by atoms with Crippen LogP contribution in [0.1, 0.15) is 38.1 Å². The largest absolute Gasteiger partial charge is 0.493 e. The van der Waals surface area contributed by atoms with Crippen LogP contribution < -0.4 is 19.5 Å². The molecular weight excluding hydrogens is 510 g/mol. The molecule has 3 rings (SSSR count). The van der Waals surface area contributed by atoms with E-state index in [0.29, 0.717) is 46.6 Å². The van der Waals surface area contributed by atoms with Gasteiger partial charge in [-0.25, -0.2) is 0 Å². The first-order valence-corrected chi connectivity index (χ1v) is 12.6. The first kappa shape index (κ1) is 28.7. The highest BCUT2D eigenvalue weighted by molar-refractivity contribution is 6.30. The van der Waals surface area contributed by atoms with Crippen molar-refractivity contribution in [2.24, 2.45) is 0 Å². The summed E-state index contributed by atoms with van der Waals surface area (Å²) in [5.74, 6) is 0.878. The van der Waals surface area contributed by atoms with Crippen molar-refractivity contribution in [1.29, 1.82) is 0 Å². The highest BCUT2D eigenvalue weighted by Gasteiger charge is 2.20. The zero-order valence-corrected chi connectivity index (χ0v) is 22.8. The zero-order chi connectivity index (χ0) is 27.8. The van der Waals surface area contributed by atoms with Crippen LogP contribution in [0.2, 0.25) is 5.02 Å². The van der Waals surface area contributed by atoms with E-state index in [9.17, 15) is 14.9 Å². The number of hydrogen-bond acceptors (Lipinski definition) is 7. The molecule has 0 aromatic heterocycles. The van der Waals surface area contributed by atoms with Gasteiger partial charge in [-0.15, -0.1) is 0 Å². The van der Waals surface area contributed by atoms with Crippen LogP contribution in [-0.2, 0) is 0 Å². The molecule has 1 amide bonds. The van der Waals surface area contributed by atoms with Crippen molar-refractivity contribution in [1.82, 2.24) is 4.90 Å². The molecule has 3 aromatic carbocycles. The van der Waals surface area contributed by atoms with Crippen LogP contribution in [0.3, 0.4) is 0 Å². The Bertz CT molecular complexity index is 1260. The average Bonchev–Trinajstić information content (AvgIpc) is 2.87. The molecule has 1 N–H and O–H groups in total. The van der Waals surface area contributed by atoms with Gasteiger partial charge < -0.3 is 19.5 Å². The molecule has 0 unspecified atom stereocenters. The number of methoxy groups -OCH3 is 1. The Hall–Kier alpha value is -3.82. The second-order valence-corrected chi connectivity index (χ2v) is 9.53. The number of nitrogens with one attached hydrogen (secondary N) is 1. The van der Waals surface area contributed by atoms with Crippen LogP contribution in [0, 0.1) is 10.1 Å². The normalized spacial score (nSPS) is 11.1. The molecule has 0 spiro atoms. The summed E-state index contributed by atoms with van der Waals surface area (Å²) >= 11 is 5.88. The highest BCUT2D eigenvalue weighted by Crippen LogP contribution is 2.34. The van der Waals surface area contributed by atoms with E-state index in [2.05, 4.69) is 37.9 Å². The van der Waals surface area contributed by atoms with Gasteiger partial charge in [0.15, 0.2) is 11.5 Å². The molecule has 0 fully saturated rings. The van der Waals surface area contributed by atoms with E-state index in [-0.39, 0.29) is 17.0 Å². The number of halogens is 1. The number of benzene rings is 3. The highest BCUT2D eigenvalue weighted by atomic mass is 35.5. The fraction of sp³-hybridized carbons (Fsp3) is 0.321. The van der Waals surface area contributed by atoms with E-state index >= 15 is 0 Å². The zero-order valence-electron chi connectivity index (χ0n) is 22.1. The second kappa shape index (κ2) is 13.1. The van der Waals surface area contributed by atoms with Crippen molar-refractivity contribution in [3.8, 4) is 23.0 Å². The van der Waals surface area contributed by atoms with Crippen molar-refractivity contribution in [3.63, 3.8) is 0 Å². The Morgan fingerprint density at radius 3 is 2.24 bits per heavy atom. The van der Waals surface area contributed by atoms with Gasteiger partial charge in [-0.1, -0.05) is 11.6 Å². The van der Waals surface area contributed by atoms with Gasteiger partial charge in [0.2, 0.25) is 5.75 Å². The van der Waals surface area contributed by atoms with Gasteiger partial charge in [0.25, 0.3) is 5.91 Å². The molecule has 0 saturated heterocycles. The SMILES string of the molecule is COc1ccc(NC(=O)c2ccc(Oc3ccc(Cl)cc3)c([N+](=O)[O-])c2)cc1OCCN(C(C)C)C(C)C. The first-order chi connectivity index (χ1) is 18.1. The number of rotatable bonds is 12. The predicted molar refractivity (Wildman–Crippen MR) is 148 cm³/mol. The maximum atomic E-state index is 12.9. The van der Waals surface area contributed by atoms with Gasteiger partial charge >= 0.3 is 5.69 Å². The number of nitrogens with zero attached hydrogens (tertiary/aromatic N) is 2. The van der Waals surface area contributed by atoms with Crippen molar-refractivity contribution in [2.75, 3.05) is 25.6 Å². The summed E-state index contributed by atoms with van der Waals surface area (Å²) in [5, 5.41) is 15.0. The van der Waals surface area contributed by atoms with Gasteiger partial charge in [-0.3, -0.25) is 19.8 Å². The number of amides is 1. The van der Waals surface area contributed by atoms with Crippen molar-refractivity contribution in [2.45, 2.75) is 39.8 Å². The van der Waals surface area contributed by atoms with E-state index < -0.39 is 10.8 Å². The van der Waals surface area contributed by atoms with Crippen LogP contribution in [-0.4, -0.2) is 48.1 Å². The summed E-state index contributed by atoms with van der Waals surface area (Å²) in [5.41, 5.74) is 0.216. The van der Waals surface area contributed by atoms with Crippen molar-refractivity contribution < 1.29 is 23.9 Å². The molecule has 3 aromatic rings. The minimum atomic E-state index is -0.598. The lowest BCUT2D eigenvalue weighted by atomic mass is 10.1. The third-order valence-corrected chi connectivity index (χ3v) is 6.07. The smallest absolute Gasteiger partial charge is 0.312 e. The summed E-state index contributed by atoms with van der Waals surface area (Å²) in [4.78, 5) is 26.3. The Morgan fingerprint density at radius 1 is 0.974 bits per heavy atom. The van der Waals surface area contributed by atoms with Crippen LogP contribution in [0.25, 0.3) is 0 Å². The van der Waals surface area contributed by atoms with E-state index in [1.165, 1.54) is 18.2 Å². The lowest BCUT2D eigenvalue weighted by molar-refractivity contribution is -0.385. The van der Waals surface area contributed by atoms with E-state index in [4.69, 9.17) is 25.8 Å². The maximum absolute atomic E-state index is 12.9. The molecule has 0 radical (unpaired) electrons. The first-order valence-electron chi connectivity index (χ1n) is 12.2. The lowest BCUT2D eigenvalue weighted by Gasteiger charge is -2.30. The van der Waals surface area contributed by atoms with Gasteiger partial charge in [-0.2, -0.15) is 0 Å². The van der Waals surface area contributed by atoms with Crippen LogP contribution >= 0.6 is 11.6 Å². The topological polar surface area (TPSA) is 103 Å². The molecule has 0 aliphatic rings. The number of carbonyl (C=O) groups is 1. The van der Waals surface area contributed by atoms with E-state index in [1.807, 2.05) is 0 Å². The molecular formula is C28H32ClN3O6. The van der Waals surface area contributed by atoms with Gasteiger partial charge in [-0.05, 0) is 76.2 Å². The minimum Gasteiger partial charge on any atom is -0.493 e. The number of ether oxygens (including phenoxy) is 3. The van der Waals surface area contributed by atoms with Gasteiger partial charge in [0, 0.05) is 47.0 Å². The quantitative estimate of drug-likeness (QED) is 0.199. The standard InChI is InChI=1S/C28H32ClN3O6/c1-18(2)31(19(3)4)14-15-37-27-17-22(9-13-26(27)36-5)30-28(33)20-6-12-25(24(16-20)32(34)35)38-23-10-7-21(29)8-11-23/h6-13,16-19H,14-15H2,1-5H3,(H,30,33). The maximum Gasteiger partial charge on any atom is 0.312 e. The fourth-order valence-corrected chi connectivity index (χ4v) is 4.09. The van der Waals surface area contributed by atoms with Crippen molar-refractivity contribution >= 4 is 28.9 Å². The molecule has 9 nitrogen and oxygen atoms in total.